The Labute approximate surface area is 93.7 Å². The highest BCUT2D eigenvalue weighted by molar-refractivity contribution is 7.09. The Bertz CT molecular complexity index is 315. The van der Waals surface area contributed by atoms with E-state index < -0.39 is 0 Å². The number of carbonyl (C=O) groups excluding carboxylic acids is 1. The first kappa shape index (κ1) is 10.8. The van der Waals surface area contributed by atoms with Crippen molar-refractivity contribution in [2.45, 2.75) is 38.1 Å². The summed E-state index contributed by atoms with van der Waals surface area (Å²) in [6.45, 7) is 0. The molecular formula is C11H16N2OS. The zero-order chi connectivity index (χ0) is 10.7. The number of aromatic nitrogens is 1. The normalized spacial score (nSPS) is 26.5. The summed E-state index contributed by atoms with van der Waals surface area (Å²) in [6, 6.07) is 0.317. The van der Waals surface area contributed by atoms with Crippen LogP contribution in [0.15, 0.2) is 11.7 Å². The van der Waals surface area contributed by atoms with E-state index in [-0.39, 0.29) is 5.92 Å². The largest absolute Gasteiger partial charge is 0.328 e. The molecule has 1 aromatic rings. The number of thiazole rings is 1. The Kier molecular flexibility index (Phi) is 3.49. The Morgan fingerprint density at radius 1 is 1.47 bits per heavy atom. The van der Waals surface area contributed by atoms with Crippen molar-refractivity contribution in [3.8, 4) is 0 Å². The number of hydrogen-bond donors (Lipinski definition) is 1. The van der Waals surface area contributed by atoms with E-state index in [4.69, 9.17) is 5.73 Å². The summed E-state index contributed by atoms with van der Waals surface area (Å²) in [6.07, 6.45) is 6.29. The quantitative estimate of drug-likeness (QED) is 0.851. The second-order valence-electron chi connectivity index (χ2n) is 4.22. The van der Waals surface area contributed by atoms with Gasteiger partial charge in [0.15, 0.2) is 0 Å². The zero-order valence-corrected chi connectivity index (χ0v) is 9.50. The van der Waals surface area contributed by atoms with Crippen molar-refractivity contribution < 1.29 is 4.79 Å². The summed E-state index contributed by atoms with van der Waals surface area (Å²) in [5, 5.41) is 0. The van der Waals surface area contributed by atoms with Gasteiger partial charge in [0.05, 0.1) is 5.51 Å². The third-order valence-electron chi connectivity index (χ3n) is 3.06. The minimum absolute atomic E-state index is 0.242. The molecule has 0 radical (unpaired) electrons. The fourth-order valence-electron chi connectivity index (χ4n) is 2.09. The summed E-state index contributed by atoms with van der Waals surface area (Å²) < 4.78 is 0. The first-order valence-corrected chi connectivity index (χ1v) is 6.29. The smallest absolute Gasteiger partial charge is 0.141 e. The molecule has 0 bridgehead atoms. The van der Waals surface area contributed by atoms with Gasteiger partial charge in [-0.15, -0.1) is 11.3 Å². The van der Waals surface area contributed by atoms with E-state index in [1.165, 1.54) is 0 Å². The molecule has 1 fully saturated rings. The molecule has 0 saturated heterocycles. The first-order chi connectivity index (χ1) is 7.25. The maximum atomic E-state index is 11.9. The number of hydrogen-bond acceptors (Lipinski definition) is 4. The lowest BCUT2D eigenvalue weighted by Crippen LogP contribution is -2.30. The van der Waals surface area contributed by atoms with E-state index in [0.29, 0.717) is 18.2 Å². The average Bonchev–Trinajstić information content (AvgIpc) is 2.71. The molecule has 0 amide bonds. The summed E-state index contributed by atoms with van der Waals surface area (Å²) in [4.78, 5) is 17.0. The lowest BCUT2D eigenvalue weighted by Gasteiger charge is -2.24. The van der Waals surface area contributed by atoms with Crippen LogP contribution in [0.2, 0.25) is 0 Å². The van der Waals surface area contributed by atoms with E-state index in [1.807, 2.05) is 0 Å². The Morgan fingerprint density at radius 3 is 2.80 bits per heavy atom. The molecule has 1 aliphatic carbocycles. The maximum Gasteiger partial charge on any atom is 0.141 e. The molecule has 0 spiro atoms. The molecule has 1 saturated carbocycles. The predicted molar refractivity (Wildman–Crippen MR) is 60.8 cm³/mol. The van der Waals surface area contributed by atoms with Crippen molar-refractivity contribution in [3.05, 3.63) is 16.6 Å². The van der Waals surface area contributed by atoms with Crippen molar-refractivity contribution in [1.82, 2.24) is 4.98 Å². The lowest BCUT2D eigenvalue weighted by atomic mass is 9.83. The van der Waals surface area contributed by atoms with E-state index in [0.717, 1.165) is 30.6 Å². The lowest BCUT2D eigenvalue weighted by molar-refractivity contribution is -0.123. The van der Waals surface area contributed by atoms with Gasteiger partial charge in [-0.05, 0) is 25.7 Å². The van der Waals surface area contributed by atoms with E-state index in [9.17, 15) is 4.79 Å². The Hall–Kier alpha value is -0.740. The van der Waals surface area contributed by atoms with Crippen LogP contribution in [0.1, 0.15) is 30.6 Å². The second kappa shape index (κ2) is 4.86. The fraction of sp³-hybridized carbons (Fsp3) is 0.636. The standard InChI is InChI=1S/C11H16N2OS/c12-9-3-1-8(2-4-9)11(14)5-10-6-13-7-15-10/h6-9H,1-5,12H2. The summed E-state index contributed by atoms with van der Waals surface area (Å²) in [7, 11) is 0. The van der Waals surface area contributed by atoms with Crippen LogP contribution < -0.4 is 5.73 Å². The van der Waals surface area contributed by atoms with Crippen LogP contribution in [0, 0.1) is 5.92 Å². The van der Waals surface area contributed by atoms with E-state index in [1.54, 1.807) is 23.0 Å². The summed E-state index contributed by atoms with van der Waals surface area (Å²) in [5.41, 5.74) is 7.59. The topological polar surface area (TPSA) is 56.0 Å². The molecule has 2 N–H and O–H groups in total. The molecule has 0 aromatic carbocycles. The molecule has 2 rings (SSSR count). The summed E-state index contributed by atoms with van der Waals surface area (Å²) in [5.74, 6) is 0.609. The zero-order valence-electron chi connectivity index (χ0n) is 8.69. The second-order valence-corrected chi connectivity index (χ2v) is 5.19. The number of Topliss-reactive ketones (excluding diaryl/α,β-unsaturated/α-hetero) is 1. The van der Waals surface area contributed by atoms with Gasteiger partial charge in [-0.2, -0.15) is 0 Å². The van der Waals surface area contributed by atoms with Crippen LogP contribution in [0.4, 0.5) is 0 Å². The molecule has 0 unspecified atom stereocenters. The number of nitrogens with zero attached hydrogens (tertiary/aromatic N) is 1. The molecule has 3 nitrogen and oxygen atoms in total. The van der Waals surface area contributed by atoms with Crippen LogP contribution in [-0.4, -0.2) is 16.8 Å². The van der Waals surface area contributed by atoms with Crippen molar-refractivity contribution in [1.29, 1.82) is 0 Å². The average molecular weight is 224 g/mol. The highest BCUT2D eigenvalue weighted by atomic mass is 32.1. The van der Waals surface area contributed by atoms with E-state index in [2.05, 4.69) is 4.98 Å². The molecule has 1 aliphatic rings. The van der Waals surface area contributed by atoms with Crippen LogP contribution in [0.25, 0.3) is 0 Å². The SMILES string of the molecule is NC1CCC(C(=O)Cc2cncs2)CC1. The number of nitrogens with two attached hydrogens (primary N) is 1. The van der Waals surface area contributed by atoms with Crippen LogP contribution >= 0.6 is 11.3 Å². The molecule has 4 heteroatoms. The third kappa shape index (κ3) is 2.86. The van der Waals surface area contributed by atoms with Crippen molar-refractivity contribution in [2.24, 2.45) is 11.7 Å². The van der Waals surface area contributed by atoms with Gasteiger partial charge < -0.3 is 5.73 Å². The number of rotatable bonds is 3. The van der Waals surface area contributed by atoms with E-state index >= 15 is 0 Å². The first-order valence-electron chi connectivity index (χ1n) is 5.41. The minimum Gasteiger partial charge on any atom is -0.328 e. The van der Waals surface area contributed by atoms with Gasteiger partial charge in [-0.1, -0.05) is 0 Å². The Balaban J connectivity index is 1.86. The highest BCUT2D eigenvalue weighted by Gasteiger charge is 2.24. The van der Waals surface area contributed by atoms with Gasteiger partial charge in [0.25, 0.3) is 0 Å². The third-order valence-corrected chi connectivity index (χ3v) is 3.84. The minimum atomic E-state index is 0.242. The number of ketones is 1. The molecular weight excluding hydrogens is 208 g/mol. The van der Waals surface area contributed by atoms with Crippen LogP contribution in [0.5, 0.6) is 0 Å². The highest BCUT2D eigenvalue weighted by Crippen LogP contribution is 2.25. The fourth-order valence-corrected chi connectivity index (χ4v) is 2.69. The van der Waals surface area contributed by atoms with Crippen molar-refractivity contribution in [3.63, 3.8) is 0 Å². The number of carbonyl (C=O) groups is 1. The molecule has 1 aromatic heterocycles. The molecule has 0 aliphatic heterocycles. The predicted octanol–water partition coefficient (Wildman–Crippen LogP) is 1.77. The molecule has 15 heavy (non-hydrogen) atoms. The van der Waals surface area contributed by atoms with Crippen LogP contribution in [-0.2, 0) is 11.2 Å². The maximum absolute atomic E-state index is 11.9. The monoisotopic (exact) mass is 224 g/mol. The molecule has 1 heterocycles. The summed E-state index contributed by atoms with van der Waals surface area (Å²) >= 11 is 1.56. The van der Waals surface area contributed by atoms with Gasteiger partial charge in [0, 0.05) is 29.5 Å². The van der Waals surface area contributed by atoms with Gasteiger partial charge in [0.1, 0.15) is 5.78 Å². The van der Waals surface area contributed by atoms with Crippen molar-refractivity contribution in [2.75, 3.05) is 0 Å². The van der Waals surface area contributed by atoms with Crippen LogP contribution in [0.3, 0.4) is 0 Å². The van der Waals surface area contributed by atoms with Gasteiger partial charge in [-0.25, -0.2) is 0 Å². The Morgan fingerprint density at radius 2 is 2.20 bits per heavy atom. The van der Waals surface area contributed by atoms with Gasteiger partial charge in [0.2, 0.25) is 0 Å². The van der Waals surface area contributed by atoms with Gasteiger partial charge in [-0.3, -0.25) is 9.78 Å². The molecule has 0 atom stereocenters. The molecule has 82 valence electrons. The van der Waals surface area contributed by atoms with Gasteiger partial charge >= 0.3 is 0 Å². The van der Waals surface area contributed by atoms with Crippen molar-refractivity contribution >= 4 is 17.1 Å².